The van der Waals surface area contributed by atoms with Crippen LogP contribution in [0.4, 0.5) is 11.6 Å². The van der Waals surface area contributed by atoms with E-state index in [9.17, 15) is 9.59 Å². The minimum Gasteiger partial charge on any atom is -0.495 e. The first-order valence-electron chi connectivity index (χ1n) is 12.4. The molecule has 0 bridgehead atoms. The number of methoxy groups -OCH3 is 2. The molecule has 4 rings (SSSR count). The van der Waals surface area contributed by atoms with Crippen molar-refractivity contribution in [3.8, 4) is 11.5 Å². The molecule has 1 saturated heterocycles. The van der Waals surface area contributed by atoms with Gasteiger partial charge < -0.3 is 29.6 Å². The number of amides is 1. The van der Waals surface area contributed by atoms with Crippen molar-refractivity contribution in [2.45, 2.75) is 32.7 Å². The van der Waals surface area contributed by atoms with Gasteiger partial charge in [0.2, 0.25) is 5.95 Å². The zero-order chi connectivity index (χ0) is 26.5. The zero-order valence-electron chi connectivity index (χ0n) is 22.0. The Bertz CT molecular complexity index is 1380. The number of piperidine rings is 1. The number of nitrogens with zero attached hydrogens (tertiary/aromatic N) is 4. The van der Waals surface area contributed by atoms with E-state index in [4.69, 9.17) is 9.47 Å². The maximum Gasteiger partial charge on any atom is 0.293 e. The van der Waals surface area contributed by atoms with Crippen molar-refractivity contribution in [1.82, 2.24) is 24.8 Å². The monoisotopic (exact) mass is 506 g/mol. The summed E-state index contributed by atoms with van der Waals surface area (Å²) < 4.78 is 12.4. The van der Waals surface area contributed by atoms with Gasteiger partial charge in [-0.1, -0.05) is 19.1 Å². The summed E-state index contributed by atoms with van der Waals surface area (Å²) >= 11 is 0. The molecule has 0 spiro atoms. The van der Waals surface area contributed by atoms with Crippen molar-refractivity contribution >= 4 is 34.7 Å². The Balaban J connectivity index is 1.59. The van der Waals surface area contributed by atoms with Crippen molar-refractivity contribution < 1.29 is 14.3 Å². The molecule has 10 nitrogen and oxygen atoms in total. The number of aryl methyl sites for hydroxylation is 1. The lowest BCUT2D eigenvalue weighted by Gasteiger charge is -2.31. The third-order valence-corrected chi connectivity index (χ3v) is 6.75. The number of pyridine rings is 1. The van der Waals surface area contributed by atoms with E-state index in [1.807, 2.05) is 13.0 Å². The first-order valence-corrected chi connectivity index (χ1v) is 12.4. The van der Waals surface area contributed by atoms with E-state index >= 15 is 0 Å². The summed E-state index contributed by atoms with van der Waals surface area (Å²) in [6, 6.07) is 5.40. The van der Waals surface area contributed by atoms with Crippen LogP contribution in [0, 0.1) is 0 Å². The average Bonchev–Trinajstić information content (AvgIpc) is 2.92. The second-order valence-electron chi connectivity index (χ2n) is 8.96. The number of likely N-dealkylation sites (tertiary alicyclic amines) is 1. The number of rotatable bonds is 8. The largest absolute Gasteiger partial charge is 0.495 e. The van der Waals surface area contributed by atoms with Gasteiger partial charge in [0.05, 0.1) is 37.2 Å². The third kappa shape index (κ3) is 5.43. The van der Waals surface area contributed by atoms with Crippen LogP contribution in [0.5, 0.6) is 11.5 Å². The molecule has 3 aromatic rings. The summed E-state index contributed by atoms with van der Waals surface area (Å²) in [5.74, 6) is 0.901. The van der Waals surface area contributed by atoms with Gasteiger partial charge >= 0.3 is 0 Å². The number of carbonyl (C=O) groups excluding carboxylic acids is 1. The van der Waals surface area contributed by atoms with Gasteiger partial charge in [0.25, 0.3) is 11.5 Å². The van der Waals surface area contributed by atoms with Gasteiger partial charge in [-0.05, 0) is 44.5 Å². The zero-order valence-corrected chi connectivity index (χ0v) is 22.0. The predicted octanol–water partition coefficient (Wildman–Crippen LogP) is 3.34. The third-order valence-electron chi connectivity index (χ3n) is 6.75. The van der Waals surface area contributed by atoms with Gasteiger partial charge in [-0.2, -0.15) is 0 Å². The van der Waals surface area contributed by atoms with E-state index in [0.29, 0.717) is 39.5 Å². The molecule has 1 aliphatic heterocycles. The van der Waals surface area contributed by atoms with Crippen LogP contribution < -0.4 is 25.7 Å². The van der Waals surface area contributed by atoms with Crippen molar-refractivity contribution in [3.05, 3.63) is 52.0 Å². The normalized spacial score (nSPS) is 14.7. The van der Waals surface area contributed by atoms with E-state index < -0.39 is 0 Å². The molecular formula is C27H34N6O4. The van der Waals surface area contributed by atoms with Crippen LogP contribution in [-0.4, -0.2) is 65.2 Å². The number of nitrogens with one attached hydrogen (secondary N) is 2. The van der Waals surface area contributed by atoms with Crippen molar-refractivity contribution in [2.24, 2.45) is 7.05 Å². The molecule has 0 atom stereocenters. The molecule has 3 heterocycles. The average molecular weight is 507 g/mol. The van der Waals surface area contributed by atoms with Crippen LogP contribution >= 0.6 is 0 Å². The van der Waals surface area contributed by atoms with Crippen LogP contribution in [0.3, 0.4) is 0 Å². The smallest absolute Gasteiger partial charge is 0.293 e. The number of ether oxygens (including phenoxy) is 2. The maximum atomic E-state index is 12.9. The van der Waals surface area contributed by atoms with Gasteiger partial charge in [0, 0.05) is 31.7 Å². The molecule has 196 valence electrons. The Morgan fingerprint density at radius 2 is 1.97 bits per heavy atom. The van der Waals surface area contributed by atoms with Crippen LogP contribution in [0.15, 0.2) is 35.3 Å². The van der Waals surface area contributed by atoms with E-state index in [1.54, 1.807) is 44.6 Å². The molecule has 2 N–H and O–H groups in total. The summed E-state index contributed by atoms with van der Waals surface area (Å²) in [4.78, 5) is 37.0. The van der Waals surface area contributed by atoms with E-state index in [1.165, 1.54) is 11.7 Å². The lowest BCUT2D eigenvalue weighted by atomic mass is 10.0. The number of allylic oxidation sites excluding steroid dienone is 1. The topological polar surface area (TPSA) is 111 Å². The second-order valence-corrected chi connectivity index (χ2v) is 8.96. The van der Waals surface area contributed by atoms with Crippen molar-refractivity contribution in [1.29, 1.82) is 0 Å². The second kappa shape index (κ2) is 11.4. The molecule has 2 aromatic heterocycles. The lowest BCUT2D eigenvalue weighted by molar-refractivity contribution is 0.0912. The van der Waals surface area contributed by atoms with Crippen molar-refractivity contribution in [2.75, 3.05) is 39.2 Å². The van der Waals surface area contributed by atoms with E-state index in [0.717, 1.165) is 32.5 Å². The van der Waals surface area contributed by atoms with Crippen LogP contribution in [0.1, 0.15) is 42.6 Å². The molecule has 10 heteroatoms. The molecule has 1 aliphatic rings. The number of aromatic nitrogens is 3. The number of fused-ring (bicyclic) bond motifs is 1. The molecule has 0 radical (unpaired) electrons. The van der Waals surface area contributed by atoms with E-state index in [-0.39, 0.29) is 23.3 Å². The fourth-order valence-electron chi connectivity index (χ4n) is 4.60. The summed E-state index contributed by atoms with van der Waals surface area (Å²) in [7, 11) is 4.67. The molecule has 1 amide bonds. The fraction of sp³-hybridized carbons (Fsp3) is 0.407. The number of hydrogen-bond acceptors (Lipinski definition) is 8. The Labute approximate surface area is 216 Å². The standard InChI is InChI=1S/C27H34N6O4/c1-6-8-19-23-21(32(3)26(35)24(19)37-5)16-28-27(31-23)30-20-10-9-17(15-22(20)36-4)25(34)29-18-11-13-33(7-2)14-12-18/h6,8-10,15-16,18H,7,11-14H2,1-5H3,(H,29,34)(H,28,30,31)/b8-6+. The maximum absolute atomic E-state index is 12.9. The highest BCUT2D eigenvalue weighted by Crippen LogP contribution is 2.30. The Morgan fingerprint density at radius 1 is 1.22 bits per heavy atom. The summed E-state index contributed by atoms with van der Waals surface area (Å²) in [6.07, 6.45) is 7.10. The fourth-order valence-corrected chi connectivity index (χ4v) is 4.60. The highest BCUT2D eigenvalue weighted by Gasteiger charge is 2.21. The van der Waals surface area contributed by atoms with E-state index in [2.05, 4.69) is 32.4 Å². The molecule has 0 unspecified atom stereocenters. The van der Waals surface area contributed by atoms with Gasteiger partial charge in [0.15, 0.2) is 5.75 Å². The highest BCUT2D eigenvalue weighted by molar-refractivity contribution is 5.95. The lowest BCUT2D eigenvalue weighted by Crippen LogP contribution is -2.44. The van der Waals surface area contributed by atoms with Crippen LogP contribution in [-0.2, 0) is 7.05 Å². The molecule has 1 aromatic carbocycles. The molecule has 0 aliphatic carbocycles. The van der Waals surface area contributed by atoms with Gasteiger partial charge in [0.1, 0.15) is 11.3 Å². The van der Waals surface area contributed by atoms with Gasteiger partial charge in [-0.15, -0.1) is 0 Å². The minimum absolute atomic E-state index is 0.120. The first kappa shape index (κ1) is 26.2. The van der Waals surface area contributed by atoms with Gasteiger partial charge in [-0.3, -0.25) is 9.59 Å². The predicted molar refractivity (Wildman–Crippen MR) is 145 cm³/mol. The molecule has 1 fully saturated rings. The van der Waals surface area contributed by atoms with Crippen LogP contribution in [0.25, 0.3) is 17.1 Å². The number of anilines is 2. The Morgan fingerprint density at radius 3 is 2.62 bits per heavy atom. The minimum atomic E-state index is -0.265. The quantitative estimate of drug-likeness (QED) is 0.479. The molecule has 0 saturated carbocycles. The summed E-state index contributed by atoms with van der Waals surface area (Å²) in [5, 5.41) is 6.33. The molecule has 37 heavy (non-hydrogen) atoms. The molecular weight excluding hydrogens is 472 g/mol. The Hall–Kier alpha value is -3.92. The summed E-state index contributed by atoms with van der Waals surface area (Å²) in [6.45, 7) is 7.05. The number of carbonyl (C=O) groups is 1. The number of benzene rings is 1. The number of hydrogen-bond donors (Lipinski definition) is 2. The van der Waals surface area contributed by atoms with Gasteiger partial charge in [-0.25, -0.2) is 9.97 Å². The first-order chi connectivity index (χ1) is 17.9. The van der Waals surface area contributed by atoms with Crippen LogP contribution in [0.2, 0.25) is 0 Å². The summed E-state index contributed by atoms with van der Waals surface area (Å²) in [5.41, 5.74) is 2.59. The SMILES string of the molecule is C/C=C/c1c(OC)c(=O)n(C)c2cnc(Nc3ccc(C(=O)NC4CCN(CC)CC4)cc3OC)nc12. The van der Waals surface area contributed by atoms with Crippen molar-refractivity contribution in [3.63, 3.8) is 0 Å². The highest BCUT2D eigenvalue weighted by atomic mass is 16.5. The Kier molecular flexibility index (Phi) is 8.08.